The number of hydrogen-bond donors (Lipinski definition) is 1. The van der Waals surface area contributed by atoms with E-state index in [-0.39, 0.29) is 6.10 Å². The van der Waals surface area contributed by atoms with E-state index in [0.29, 0.717) is 5.92 Å². The second kappa shape index (κ2) is 3.59. The minimum Gasteiger partial charge on any atom is -0.393 e. The number of hydrogen-bond acceptors (Lipinski definition) is 5. The molecule has 1 fully saturated rings. The third-order valence-corrected chi connectivity index (χ3v) is 3.22. The van der Waals surface area contributed by atoms with Gasteiger partial charge in [-0.1, -0.05) is 11.3 Å². The molecule has 0 aromatic carbocycles. The highest BCUT2D eigenvalue weighted by Crippen LogP contribution is 2.29. The first-order valence-electron chi connectivity index (χ1n) is 4.41. The van der Waals surface area contributed by atoms with Gasteiger partial charge in [-0.05, 0) is 18.8 Å². The molecule has 2 rings (SSSR count). The first-order chi connectivity index (χ1) is 6.25. The molecular weight excluding hydrogens is 186 g/mol. The van der Waals surface area contributed by atoms with Crippen LogP contribution < -0.4 is 4.90 Å². The lowest BCUT2D eigenvalue weighted by Gasteiger charge is -2.34. The van der Waals surface area contributed by atoms with Gasteiger partial charge in [-0.3, -0.25) is 0 Å². The van der Waals surface area contributed by atoms with Crippen molar-refractivity contribution in [3.8, 4) is 0 Å². The van der Waals surface area contributed by atoms with E-state index in [2.05, 4.69) is 15.1 Å². The number of aliphatic hydroxyl groups is 1. The number of nitrogens with zero attached hydrogens (tertiary/aromatic N) is 3. The number of rotatable bonds is 3. The summed E-state index contributed by atoms with van der Waals surface area (Å²) >= 11 is 1.55. The second-order valence-electron chi connectivity index (χ2n) is 3.59. The monoisotopic (exact) mass is 199 g/mol. The normalized spacial score (nSPS) is 26.9. The van der Waals surface area contributed by atoms with Crippen LogP contribution >= 0.6 is 11.3 Å². The molecule has 1 aliphatic carbocycles. The van der Waals surface area contributed by atoms with Gasteiger partial charge in [0, 0.05) is 13.6 Å². The maximum absolute atomic E-state index is 9.12. The van der Waals surface area contributed by atoms with Crippen LogP contribution in [0, 0.1) is 5.92 Å². The van der Waals surface area contributed by atoms with Crippen LogP contribution in [0.25, 0.3) is 0 Å². The largest absolute Gasteiger partial charge is 0.393 e. The van der Waals surface area contributed by atoms with Gasteiger partial charge in [-0.2, -0.15) is 0 Å². The highest BCUT2D eigenvalue weighted by molar-refractivity contribution is 7.13. The van der Waals surface area contributed by atoms with Crippen molar-refractivity contribution >= 4 is 16.5 Å². The molecule has 0 radical (unpaired) electrons. The molecule has 0 aliphatic heterocycles. The number of anilines is 1. The zero-order valence-electron chi connectivity index (χ0n) is 7.55. The standard InChI is InChI=1S/C8H13N3OS/c1-11(8-10-9-5-13-8)4-6-2-7(12)3-6/h5-7,12H,2-4H2,1H3. The molecule has 1 saturated carbocycles. The van der Waals surface area contributed by atoms with E-state index in [1.54, 1.807) is 16.8 Å². The van der Waals surface area contributed by atoms with Gasteiger partial charge in [0.2, 0.25) is 5.13 Å². The van der Waals surface area contributed by atoms with Gasteiger partial charge < -0.3 is 10.0 Å². The molecule has 72 valence electrons. The van der Waals surface area contributed by atoms with Gasteiger partial charge in [0.25, 0.3) is 0 Å². The Labute approximate surface area is 81.2 Å². The molecule has 0 saturated heterocycles. The number of aromatic nitrogens is 2. The minimum atomic E-state index is -0.0622. The highest BCUT2D eigenvalue weighted by Gasteiger charge is 2.28. The predicted molar refractivity (Wildman–Crippen MR) is 51.9 cm³/mol. The van der Waals surface area contributed by atoms with Crippen molar-refractivity contribution < 1.29 is 5.11 Å². The third kappa shape index (κ3) is 1.97. The third-order valence-electron chi connectivity index (χ3n) is 2.42. The average molecular weight is 199 g/mol. The van der Waals surface area contributed by atoms with Crippen LogP contribution in [-0.2, 0) is 0 Å². The van der Waals surface area contributed by atoms with Crippen molar-refractivity contribution in [1.82, 2.24) is 10.2 Å². The maximum atomic E-state index is 9.12. The lowest BCUT2D eigenvalue weighted by Crippen LogP contribution is -2.37. The van der Waals surface area contributed by atoms with E-state index in [0.717, 1.165) is 24.5 Å². The molecule has 13 heavy (non-hydrogen) atoms. The van der Waals surface area contributed by atoms with Gasteiger partial charge in [0.05, 0.1) is 6.10 Å². The van der Waals surface area contributed by atoms with Crippen molar-refractivity contribution in [3.63, 3.8) is 0 Å². The predicted octanol–water partition coefficient (Wildman–Crippen LogP) is 0.745. The van der Waals surface area contributed by atoms with Gasteiger partial charge in [-0.15, -0.1) is 10.2 Å². The van der Waals surface area contributed by atoms with Gasteiger partial charge >= 0.3 is 0 Å². The summed E-state index contributed by atoms with van der Waals surface area (Å²) in [5.41, 5.74) is 1.74. The lowest BCUT2D eigenvalue weighted by atomic mass is 9.82. The molecule has 0 bridgehead atoms. The van der Waals surface area contributed by atoms with Crippen LogP contribution in [0.5, 0.6) is 0 Å². The molecule has 4 nitrogen and oxygen atoms in total. The van der Waals surface area contributed by atoms with Crippen LogP contribution in [-0.4, -0.2) is 35.0 Å². The minimum absolute atomic E-state index is 0.0622. The summed E-state index contributed by atoms with van der Waals surface area (Å²) in [7, 11) is 2.02. The SMILES string of the molecule is CN(CC1CC(O)C1)c1nncs1. The van der Waals surface area contributed by atoms with E-state index in [4.69, 9.17) is 5.11 Å². The van der Waals surface area contributed by atoms with E-state index < -0.39 is 0 Å². The molecule has 1 aromatic heterocycles. The quantitative estimate of drug-likeness (QED) is 0.780. The molecule has 0 atom stereocenters. The van der Waals surface area contributed by atoms with Crippen LogP contribution in [0.3, 0.4) is 0 Å². The van der Waals surface area contributed by atoms with Gasteiger partial charge in [0.1, 0.15) is 5.51 Å². The summed E-state index contributed by atoms with van der Waals surface area (Å²) in [4.78, 5) is 2.11. The molecule has 1 N–H and O–H groups in total. The van der Waals surface area contributed by atoms with Crippen molar-refractivity contribution in [2.24, 2.45) is 5.92 Å². The smallest absolute Gasteiger partial charge is 0.207 e. The molecule has 0 spiro atoms. The fourth-order valence-corrected chi connectivity index (χ4v) is 2.19. The topological polar surface area (TPSA) is 49.2 Å². The lowest BCUT2D eigenvalue weighted by molar-refractivity contribution is 0.0464. The molecule has 1 aromatic rings. The van der Waals surface area contributed by atoms with Crippen molar-refractivity contribution in [2.75, 3.05) is 18.5 Å². The second-order valence-corrected chi connectivity index (χ2v) is 4.40. The Morgan fingerprint density at radius 1 is 1.69 bits per heavy atom. The van der Waals surface area contributed by atoms with Gasteiger partial charge in [0.15, 0.2) is 0 Å². The van der Waals surface area contributed by atoms with E-state index in [9.17, 15) is 0 Å². The fraction of sp³-hybridized carbons (Fsp3) is 0.750. The van der Waals surface area contributed by atoms with Crippen LogP contribution in [0.2, 0.25) is 0 Å². The Balaban J connectivity index is 1.82. The number of aliphatic hydroxyl groups excluding tert-OH is 1. The zero-order valence-corrected chi connectivity index (χ0v) is 8.37. The Kier molecular flexibility index (Phi) is 2.46. The zero-order chi connectivity index (χ0) is 9.26. The first-order valence-corrected chi connectivity index (χ1v) is 5.29. The highest BCUT2D eigenvalue weighted by atomic mass is 32.1. The van der Waals surface area contributed by atoms with Crippen molar-refractivity contribution in [2.45, 2.75) is 18.9 Å². The Morgan fingerprint density at radius 2 is 2.46 bits per heavy atom. The summed E-state index contributed by atoms with van der Waals surface area (Å²) in [6.07, 6.45) is 1.81. The van der Waals surface area contributed by atoms with Crippen LogP contribution in [0.15, 0.2) is 5.51 Å². The van der Waals surface area contributed by atoms with Crippen LogP contribution in [0.1, 0.15) is 12.8 Å². The van der Waals surface area contributed by atoms with Crippen molar-refractivity contribution in [3.05, 3.63) is 5.51 Å². The van der Waals surface area contributed by atoms with E-state index >= 15 is 0 Å². The summed E-state index contributed by atoms with van der Waals surface area (Å²) in [6, 6.07) is 0. The molecule has 5 heteroatoms. The fourth-order valence-electron chi connectivity index (χ4n) is 1.65. The summed E-state index contributed by atoms with van der Waals surface area (Å²) < 4.78 is 0. The van der Waals surface area contributed by atoms with Gasteiger partial charge in [-0.25, -0.2) is 0 Å². The Morgan fingerprint density at radius 3 is 3.00 bits per heavy atom. The maximum Gasteiger partial charge on any atom is 0.207 e. The summed E-state index contributed by atoms with van der Waals surface area (Å²) in [5, 5.41) is 17.8. The Hall–Kier alpha value is -0.680. The summed E-state index contributed by atoms with van der Waals surface area (Å²) in [5.74, 6) is 0.629. The van der Waals surface area contributed by atoms with Crippen molar-refractivity contribution in [1.29, 1.82) is 0 Å². The average Bonchev–Trinajstić information content (AvgIpc) is 2.53. The van der Waals surface area contributed by atoms with E-state index in [1.165, 1.54) is 0 Å². The summed E-state index contributed by atoms with van der Waals surface area (Å²) in [6.45, 7) is 0.978. The molecular formula is C8H13N3OS. The van der Waals surface area contributed by atoms with E-state index in [1.807, 2.05) is 7.05 Å². The molecule has 1 heterocycles. The molecule has 0 unspecified atom stereocenters. The first kappa shape index (κ1) is 8.90. The molecule has 1 aliphatic rings. The Bertz CT molecular complexity index is 258. The van der Waals surface area contributed by atoms with Crippen LogP contribution in [0.4, 0.5) is 5.13 Å². The molecule has 0 amide bonds.